The molecule has 0 spiro atoms. The van der Waals surface area contributed by atoms with Crippen LogP contribution >= 0.6 is 0 Å². The Morgan fingerprint density at radius 2 is 1.80 bits per heavy atom. The molecule has 58 valence electrons. The zero-order chi connectivity index (χ0) is 7.98. The summed E-state index contributed by atoms with van der Waals surface area (Å²) in [5, 5.41) is 0. The summed E-state index contributed by atoms with van der Waals surface area (Å²) >= 11 is 0. The Hall–Kier alpha value is 0.0649. The van der Waals surface area contributed by atoms with Crippen molar-refractivity contribution in [2.45, 2.75) is 46.4 Å². The maximum absolute atomic E-state index is 5.52. The molecule has 0 bridgehead atoms. The topological polar surface area (TPSA) is 0 Å². The van der Waals surface area contributed by atoms with Gasteiger partial charge in [-0.25, -0.2) is 0 Å². The van der Waals surface area contributed by atoms with Gasteiger partial charge >= 0.3 is 0 Å². The Morgan fingerprint density at radius 3 is 2.20 bits per heavy atom. The Morgan fingerprint density at radius 1 is 1.20 bits per heavy atom. The third-order valence-corrected chi connectivity index (χ3v) is 1.99. The summed E-state index contributed by atoms with van der Waals surface area (Å²) < 4.78 is 0. The largest absolute Gasteiger partial charge is 0.0862 e. The van der Waals surface area contributed by atoms with Crippen LogP contribution in [0.2, 0.25) is 6.32 Å². The highest BCUT2D eigenvalue weighted by Gasteiger charge is 2.04. The third-order valence-electron chi connectivity index (χ3n) is 1.99. The van der Waals surface area contributed by atoms with Crippen molar-refractivity contribution >= 4 is 7.85 Å². The molecule has 1 heteroatoms. The van der Waals surface area contributed by atoms with Crippen molar-refractivity contribution < 1.29 is 0 Å². The predicted octanol–water partition coefficient (Wildman–Crippen LogP) is 3.04. The van der Waals surface area contributed by atoms with Crippen LogP contribution in [0.25, 0.3) is 0 Å². The normalized spacial score (nSPS) is 16.7. The fraction of sp³-hybridized carbons (Fsp3) is 1.00. The lowest BCUT2D eigenvalue weighted by Gasteiger charge is -2.14. The Bertz CT molecular complexity index is 71.1. The van der Waals surface area contributed by atoms with Gasteiger partial charge < -0.3 is 0 Å². The van der Waals surface area contributed by atoms with E-state index >= 15 is 0 Å². The van der Waals surface area contributed by atoms with E-state index in [9.17, 15) is 0 Å². The summed E-state index contributed by atoms with van der Waals surface area (Å²) in [4.78, 5) is 0. The van der Waals surface area contributed by atoms with E-state index < -0.39 is 0 Å². The standard InChI is InChI=1S/C9H19B/c1-4-5-8(2)6-9(3)7-10/h8-9H,4-7H2,1-3H3. The van der Waals surface area contributed by atoms with Gasteiger partial charge in [-0.2, -0.15) is 0 Å². The molecule has 0 amide bonds. The summed E-state index contributed by atoms with van der Waals surface area (Å²) in [6.45, 7) is 6.78. The molecular formula is C9H19B. The minimum absolute atomic E-state index is 0.710. The minimum atomic E-state index is 0.710. The first kappa shape index (κ1) is 10.1. The van der Waals surface area contributed by atoms with E-state index in [4.69, 9.17) is 7.85 Å². The van der Waals surface area contributed by atoms with E-state index in [0.717, 1.165) is 12.2 Å². The van der Waals surface area contributed by atoms with E-state index in [2.05, 4.69) is 20.8 Å². The van der Waals surface area contributed by atoms with Crippen LogP contribution in [0.3, 0.4) is 0 Å². The molecule has 0 saturated heterocycles. The van der Waals surface area contributed by atoms with Crippen molar-refractivity contribution in [3.8, 4) is 0 Å². The fourth-order valence-corrected chi connectivity index (χ4v) is 1.39. The first-order valence-electron chi connectivity index (χ1n) is 4.40. The molecule has 0 saturated carbocycles. The highest BCUT2D eigenvalue weighted by molar-refractivity contribution is 6.08. The van der Waals surface area contributed by atoms with Crippen molar-refractivity contribution in [2.24, 2.45) is 11.8 Å². The Balaban J connectivity index is 3.27. The molecule has 0 aliphatic carbocycles. The van der Waals surface area contributed by atoms with E-state index in [1.54, 1.807) is 0 Å². The molecule has 0 aliphatic heterocycles. The lowest BCUT2D eigenvalue weighted by Crippen LogP contribution is -2.01. The van der Waals surface area contributed by atoms with Crippen LogP contribution in [0.1, 0.15) is 40.0 Å². The number of rotatable bonds is 5. The molecular weight excluding hydrogens is 119 g/mol. The van der Waals surface area contributed by atoms with Crippen molar-refractivity contribution in [3.63, 3.8) is 0 Å². The van der Waals surface area contributed by atoms with Gasteiger partial charge in [0, 0.05) is 0 Å². The van der Waals surface area contributed by atoms with Crippen molar-refractivity contribution in [3.05, 3.63) is 0 Å². The quantitative estimate of drug-likeness (QED) is 0.512. The number of hydrogen-bond acceptors (Lipinski definition) is 0. The summed E-state index contributed by atoms with van der Waals surface area (Å²) in [7, 11) is 5.52. The molecule has 0 aliphatic rings. The van der Waals surface area contributed by atoms with Crippen molar-refractivity contribution in [2.75, 3.05) is 0 Å². The molecule has 0 fully saturated rings. The Labute approximate surface area is 66.8 Å². The third kappa shape index (κ3) is 4.90. The molecule has 0 rings (SSSR count). The maximum atomic E-state index is 5.52. The van der Waals surface area contributed by atoms with Crippen molar-refractivity contribution in [1.29, 1.82) is 0 Å². The average molecular weight is 138 g/mol. The molecule has 0 heterocycles. The van der Waals surface area contributed by atoms with Gasteiger partial charge in [0.25, 0.3) is 0 Å². The molecule has 2 atom stereocenters. The fourth-order valence-electron chi connectivity index (χ4n) is 1.39. The highest BCUT2D eigenvalue weighted by Crippen LogP contribution is 2.17. The second-order valence-corrected chi connectivity index (χ2v) is 3.47. The summed E-state index contributed by atoms with van der Waals surface area (Å²) in [5.41, 5.74) is 0. The zero-order valence-electron chi connectivity index (χ0n) is 7.56. The van der Waals surface area contributed by atoms with Gasteiger partial charge in [-0.3, -0.25) is 0 Å². The van der Waals surface area contributed by atoms with Gasteiger partial charge in [-0.15, -0.1) is 0 Å². The van der Waals surface area contributed by atoms with Crippen LogP contribution < -0.4 is 0 Å². The molecule has 2 unspecified atom stereocenters. The van der Waals surface area contributed by atoms with E-state index in [1.165, 1.54) is 19.3 Å². The lowest BCUT2D eigenvalue weighted by molar-refractivity contribution is 0.412. The van der Waals surface area contributed by atoms with Crippen LogP contribution in [0.5, 0.6) is 0 Å². The summed E-state index contributed by atoms with van der Waals surface area (Å²) in [6, 6.07) is 0. The molecule has 2 radical (unpaired) electrons. The second-order valence-electron chi connectivity index (χ2n) is 3.47. The smallest absolute Gasteiger partial charge is 0.0656 e. The molecule has 10 heavy (non-hydrogen) atoms. The average Bonchev–Trinajstić information content (AvgIpc) is 1.88. The molecule has 0 aromatic carbocycles. The van der Waals surface area contributed by atoms with Gasteiger partial charge in [-0.05, 0) is 12.3 Å². The lowest BCUT2D eigenvalue weighted by atomic mass is 9.85. The van der Waals surface area contributed by atoms with Crippen LogP contribution in [-0.4, -0.2) is 7.85 Å². The predicted molar refractivity (Wildman–Crippen MR) is 48.4 cm³/mol. The minimum Gasteiger partial charge on any atom is -0.0862 e. The van der Waals surface area contributed by atoms with Crippen LogP contribution in [-0.2, 0) is 0 Å². The molecule has 0 aromatic heterocycles. The monoisotopic (exact) mass is 138 g/mol. The highest BCUT2D eigenvalue weighted by atomic mass is 14.1. The van der Waals surface area contributed by atoms with E-state index in [-0.39, 0.29) is 0 Å². The Kier molecular flexibility index (Phi) is 5.86. The van der Waals surface area contributed by atoms with Gasteiger partial charge in [-0.1, -0.05) is 45.9 Å². The first-order valence-corrected chi connectivity index (χ1v) is 4.40. The van der Waals surface area contributed by atoms with Crippen LogP contribution in [0.15, 0.2) is 0 Å². The second kappa shape index (κ2) is 5.82. The maximum Gasteiger partial charge on any atom is 0.0656 e. The van der Waals surface area contributed by atoms with Gasteiger partial charge in [0.2, 0.25) is 0 Å². The van der Waals surface area contributed by atoms with Gasteiger partial charge in [0.15, 0.2) is 0 Å². The summed E-state index contributed by atoms with van der Waals surface area (Å²) in [5.74, 6) is 1.57. The molecule has 0 nitrogen and oxygen atoms in total. The summed E-state index contributed by atoms with van der Waals surface area (Å²) in [6.07, 6.45) is 4.79. The SMILES string of the molecule is [B]CC(C)CC(C)CCC. The number of hydrogen-bond donors (Lipinski definition) is 0. The van der Waals surface area contributed by atoms with Crippen LogP contribution in [0.4, 0.5) is 0 Å². The van der Waals surface area contributed by atoms with Gasteiger partial charge in [0.1, 0.15) is 0 Å². The van der Waals surface area contributed by atoms with Crippen molar-refractivity contribution in [1.82, 2.24) is 0 Å². The molecule has 0 aromatic rings. The van der Waals surface area contributed by atoms with E-state index in [0.29, 0.717) is 5.92 Å². The van der Waals surface area contributed by atoms with Crippen LogP contribution in [0, 0.1) is 11.8 Å². The van der Waals surface area contributed by atoms with Gasteiger partial charge in [0.05, 0.1) is 7.85 Å². The first-order chi connectivity index (χ1) is 4.70. The molecule has 0 N–H and O–H groups in total. The zero-order valence-corrected chi connectivity index (χ0v) is 7.56. The van der Waals surface area contributed by atoms with E-state index in [1.807, 2.05) is 0 Å².